The third-order valence-corrected chi connectivity index (χ3v) is 4.91. The Bertz CT molecular complexity index is 1130. The summed E-state index contributed by atoms with van der Waals surface area (Å²) in [5.74, 6) is -1.42. The molecule has 0 spiro atoms. The van der Waals surface area contributed by atoms with Crippen molar-refractivity contribution in [3.63, 3.8) is 0 Å². The van der Waals surface area contributed by atoms with E-state index in [9.17, 15) is 22.8 Å². The molecular weight excluding hydrogens is 399 g/mol. The zero-order valence-corrected chi connectivity index (χ0v) is 17.0. The number of alkyl halides is 3. The Labute approximate surface area is 170 Å². The lowest BCUT2D eigenvalue weighted by Crippen LogP contribution is -2.26. The third kappa shape index (κ3) is 4.22. The zero-order chi connectivity index (χ0) is 22.2. The Hall–Kier alpha value is -3.17. The second-order valence-corrected chi connectivity index (χ2v) is 7.47. The van der Waals surface area contributed by atoms with Gasteiger partial charge in [-0.05, 0) is 24.6 Å². The molecule has 1 amide bonds. The summed E-state index contributed by atoms with van der Waals surface area (Å²) in [6, 6.07) is 5.48. The van der Waals surface area contributed by atoms with E-state index in [1.54, 1.807) is 7.05 Å². The van der Waals surface area contributed by atoms with Gasteiger partial charge in [-0.25, -0.2) is 9.97 Å². The summed E-state index contributed by atoms with van der Waals surface area (Å²) in [6.07, 6.45) is -2.96. The van der Waals surface area contributed by atoms with E-state index >= 15 is 0 Å². The molecule has 160 valence electrons. The van der Waals surface area contributed by atoms with Crippen molar-refractivity contribution in [2.75, 3.05) is 5.32 Å². The van der Waals surface area contributed by atoms with Gasteiger partial charge in [0.1, 0.15) is 12.4 Å². The summed E-state index contributed by atoms with van der Waals surface area (Å²) in [6.45, 7) is 4.73. The fourth-order valence-electron chi connectivity index (χ4n) is 3.15. The monoisotopic (exact) mass is 421 g/mol. The molecule has 1 aromatic carbocycles. The Morgan fingerprint density at radius 1 is 1.17 bits per heavy atom. The second-order valence-electron chi connectivity index (χ2n) is 7.47. The van der Waals surface area contributed by atoms with Crippen molar-refractivity contribution in [3.05, 3.63) is 52.3 Å². The number of aromatic nitrogens is 4. The number of amides is 1. The van der Waals surface area contributed by atoms with Crippen molar-refractivity contribution >= 4 is 22.8 Å². The zero-order valence-electron chi connectivity index (χ0n) is 17.0. The van der Waals surface area contributed by atoms with E-state index in [2.05, 4.69) is 15.3 Å². The van der Waals surface area contributed by atoms with E-state index in [-0.39, 0.29) is 34.7 Å². The molecule has 2 aromatic heterocycles. The first-order chi connectivity index (χ1) is 14.0. The van der Waals surface area contributed by atoms with Crippen molar-refractivity contribution in [3.8, 4) is 0 Å². The lowest BCUT2D eigenvalue weighted by molar-refractivity contribution is -0.146. The largest absolute Gasteiger partial charge is 0.395 e. The molecule has 0 aliphatic heterocycles. The van der Waals surface area contributed by atoms with Gasteiger partial charge in [0.2, 0.25) is 5.91 Å². The van der Waals surface area contributed by atoms with Crippen LogP contribution in [0.15, 0.2) is 35.4 Å². The highest BCUT2D eigenvalue weighted by Gasteiger charge is 2.36. The SMILES string of the molecule is CC(C)c1nc2ncn(CC(=O)Nc3ccc(C(C)C(F)(F)F)cc3)c2c(=O)n1C. The number of hydrogen-bond acceptors (Lipinski definition) is 4. The number of carbonyl (C=O) groups is 1. The van der Waals surface area contributed by atoms with Gasteiger partial charge in [0.15, 0.2) is 11.2 Å². The molecule has 0 aliphatic rings. The number of carbonyl (C=O) groups excluding carboxylic acids is 1. The molecule has 2 heterocycles. The highest BCUT2D eigenvalue weighted by molar-refractivity contribution is 5.91. The lowest BCUT2D eigenvalue weighted by Gasteiger charge is -2.16. The number of halogens is 3. The fraction of sp³-hybridized carbons (Fsp3) is 0.400. The summed E-state index contributed by atoms with van der Waals surface area (Å²) >= 11 is 0. The van der Waals surface area contributed by atoms with E-state index in [0.29, 0.717) is 11.5 Å². The van der Waals surface area contributed by atoms with E-state index in [4.69, 9.17) is 0 Å². The van der Waals surface area contributed by atoms with Gasteiger partial charge in [-0.1, -0.05) is 26.0 Å². The molecule has 10 heteroatoms. The van der Waals surface area contributed by atoms with Crippen LogP contribution in [0.4, 0.5) is 18.9 Å². The summed E-state index contributed by atoms with van der Waals surface area (Å²) < 4.78 is 41.3. The molecule has 3 rings (SSSR count). The summed E-state index contributed by atoms with van der Waals surface area (Å²) in [5, 5.41) is 2.62. The van der Waals surface area contributed by atoms with Crippen LogP contribution < -0.4 is 10.9 Å². The number of hydrogen-bond donors (Lipinski definition) is 1. The molecule has 0 radical (unpaired) electrons. The van der Waals surface area contributed by atoms with Crippen LogP contribution in [0.2, 0.25) is 0 Å². The van der Waals surface area contributed by atoms with Gasteiger partial charge in [-0.3, -0.25) is 14.2 Å². The van der Waals surface area contributed by atoms with Gasteiger partial charge in [-0.15, -0.1) is 0 Å². The summed E-state index contributed by atoms with van der Waals surface area (Å²) in [7, 11) is 1.62. The van der Waals surface area contributed by atoms with Crippen LogP contribution in [0.5, 0.6) is 0 Å². The number of nitrogens with zero attached hydrogens (tertiary/aromatic N) is 4. The van der Waals surface area contributed by atoms with Gasteiger partial charge in [0.25, 0.3) is 5.56 Å². The molecule has 30 heavy (non-hydrogen) atoms. The van der Waals surface area contributed by atoms with Gasteiger partial charge in [0.05, 0.1) is 12.2 Å². The second kappa shape index (κ2) is 7.92. The standard InChI is InChI=1S/C20H22F3N5O2/c1-11(2)18-26-17-16(19(30)27(18)4)28(10-24-17)9-15(29)25-14-7-5-13(6-8-14)12(3)20(21,22)23/h5-8,10-12H,9H2,1-4H3,(H,25,29). The quantitative estimate of drug-likeness (QED) is 0.683. The topological polar surface area (TPSA) is 81.8 Å². The van der Waals surface area contributed by atoms with Crippen LogP contribution in [-0.2, 0) is 18.4 Å². The summed E-state index contributed by atoms with van der Waals surface area (Å²) in [5.41, 5.74) is 0.637. The van der Waals surface area contributed by atoms with E-state index < -0.39 is 18.0 Å². The van der Waals surface area contributed by atoms with Crippen molar-refractivity contribution < 1.29 is 18.0 Å². The predicted molar refractivity (Wildman–Crippen MR) is 106 cm³/mol. The normalized spacial score (nSPS) is 13.1. The van der Waals surface area contributed by atoms with Gasteiger partial charge < -0.3 is 9.88 Å². The van der Waals surface area contributed by atoms with Crippen molar-refractivity contribution in [2.45, 2.75) is 45.3 Å². The highest BCUT2D eigenvalue weighted by Crippen LogP contribution is 2.34. The number of rotatable bonds is 5. The molecule has 0 fully saturated rings. The van der Waals surface area contributed by atoms with Crippen molar-refractivity contribution in [2.24, 2.45) is 7.05 Å². The minimum absolute atomic E-state index is 0.0311. The van der Waals surface area contributed by atoms with Crippen LogP contribution in [0.3, 0.4) is 0 Å². The average molecular weight is 421 g/mol. The highest BCUT2D eigenvalue weighted by atomic mass is 19.4. The Morgan fingerprint density at radius 2 is 1.80 bits per heavy atom. The molecular formula is C20H22F3N5O2. The number of benzene rings is 1. The minimum atomic E-state index is -4.33. The Morgan fingerprint density at radius 3 is 2.37 bits per heavy atom. The molecule has 0 aliphatic carbocycles. The smallest absolute Gasteiger partial charge is 0.325 e. The maximum absolute atomic E-state index is 12.8. The molecule has 1 atom stereocenters. The molecule has 7 nitrogen and oxygen atoms in total. The van der Waals surface area contributed by atoms with Crippen LogP contribution >= 0.6 is 0 Å². The lowest BCUT2D eigenvalue weighted by atomic mass is 10.0. The predicted octanol–water partition coefficient (Wildman–Crippen LogP) is 3.56. The number of fused-ring (bicyclic) bond motifs is 1. The first-order valence-corrected chi connectivity index (χ1v) is 9.37. The molecule has 0 bridgehead atoms. The van der Waals surface area contributed by atoms with Crippen molar-refractivity contribution in [1.82, 2.24) is 19.1 Å². The van der Waals surface area contributed by atoms with E-state index in [1.807, 2.05) is 13.8 Å². The molecule has 1 unspecified atom stereocenters. The number of nitrogens with one attached hydrogen (secondary N) is 1. The van der Waals surface area contributed by atoms with E-state index in [1.165, 1.54) is 39.7 Å². The van der Waals surface area contributed by atoms with Crippen LogP contribution in [-0.4, -0.2) is 31.2 Å². The maximum Gasteiger partial charge on any atom is 0.395 e. The van der Waals surface area contributed by atoms with Crippen molar-refractivity contribution in [1.29, 1.82) is 0 Å². The fourth-order valence-corrected chi connectivity index (χ4v) is 3.15. The first-order valence-electron chi connectivity index (χ1n) is 9.37. The summed E-state index contributed by atoms with van der Waals surface area (Å²) in [4.78, 5) is 33.6. The Balaban J connectivity index is 1.78. The molecule has 0 saturated carbocycles. The van der Waals surface area contributed by atoms with Gasteiger partial charge in [0, 0.05) is 18.7 Å². The maximum atomic E-state index is 12.8. The van der Waals surface area contributed by atoms with E-state index in [0.717, 1.165) is 6.92 Å². The third-order valence-electron chi connectivity index (χ3n) is 4.91. The van der Waals surface area contributed by atoms with Gasteiger partial charge in [-0.2, -0.15) is 13.2 Å². The Kier molecular flexibility index (Phi) is 5.69. The van der Waals surface area contributed by atoms with Gasteiger partial charge >= 0.3 is 6.18 Å². The number of anilines is 1. The minimum Gasteiger partial charge on any atom is -0.325 e. The van der Waals surface area contributed by atoms with Crippen LogP contribution in [0, 0.1) is 0 Å². The van der Waals surface area contributed by atoms with Crippen LogP contribution in [0.1, 0.15) is 44.0 Å². The molecule has 3 aromatic rings. The van der Waals surface area contributed by atoms with Crippen LogP contribution in [0.25, 0.3) is 11.2 Å². The first kappa shape index (κ1) is 21.5. The molecule has 1 N–H and O–H groups in total. The average Bonchev–Trinajstić information content (AvgIpc) is 3.06. The number of imidazole rings is 1. The molecule has 0 saturated heterocycles.